The number of hydrogen-bond donors (Lipinski definition) is 2. The molecule has 2 aromatic rings. The Balaban J connectivity index is 2.08. The van der Waals surface area contributed by atoms with Crippen molar-refractivity contribution in [3.8, 4) is 0 Å². The van der Waals surface area contributed by atoms with E-state index in [9.17, 15) is 14.9 Å². The fraction of sp³-hybridized carbons (Fsp3) is 0.125. The summed E-state index contributed by atoms with van der Waals surface area (Å²) in [6.45, 7) is 3.80. The van der Waals surface area contributed by atoms with Crippen LogP contribution in [0.25, 0.3) is 0 Å². The highest BCUT2D eigenvalue weighted by molar-refractivity contribution is 9.10. The number of carbonyl (C=O) groups excluding carboxylic acids is 1. The number of hydrogen-bond acceptors (Lipinski definition) is 4. The van der Waals surface area contributed by atoms with Gasteiger partial charge in [-0.2, -0.15) is 0 Å². The zero-order valence-corrected chi connectivity index (χ0v) is 15.3. The minimum absolute atomic E-state index is 0.0438. The topological polar surface area (TPSA) is 84.3 Å². The molecule has 0 bridgehead atoms. The van der Waals surface area contributed by atoms with Crippen molar-refractivity contribution in [2.24, 2.45) is 0 Å². The Kier molecular flexibility index (Phi) is 5.63. The number of thiocarbonyl (C=S) groups is 1. The van der Waals surface area contributed by atoms with E-state index >= 15 is 0 Å². The molecule has 2 rings (SSSR count). The van der Waals surface area contributed by atoms with E-state index in [1.54, 1.807) is 6.07 Å². The molecule has 0 aliphatic heterocycles. The molecule has 0 aliphatic carbocycles. The molecule has 0 fully saturated rings. The van der Waals surface area contributed by atoms with Crippen molar-refractivity contribution in [2.45, 2.75) is 13.8 Å². The van der Waals surface area contributed by atoms with E-state index in [-0.39, 0.29) is 16.7 Å². The van der Waals surface area contributed by atoms with Gasteiger partial charge in [0.25, 0.3) is 11.6 Å². The van der Waals surface area contributed by atoms with Crippen molar-refractivity contribution in [2.75, 3.05) is 5.32 Å². The van der Waals surface area contributed by atoms with Gasteiger partial charge in [-0.15, -0.1) is 0 Å². The van der Waals surface area contributed by atoms with Gasteiger partial charge in [-0.3, -0.25) is 20.2 Å². The zero-order chi connectivity index (χ0) is 17.9. The van der Waals surface area contributed by atoms with Crippen LogP contribution >= 0.6 is 28.1 Å². The first-order valence-corrected chi connectivity index (χ1v) is 8.11. The summed E-state index contributed by atoms with van der Waals surface area (Å²) in [6.07, 6.45) is 0. The fourth-order valence-electron chi connectivity index (χ4n) is 2.11. The molecule has 124 valence electrons. The Morgan fingerprint density at radius 3 is 2.50 bits per heavy atom. The van der Waals surface area contributed by atoms with Crippen LogP contribution in [0.4, 0.5) is 11.4 Å². The highest BCUT2D eigenvalue weighted by Crippen LogP contribution is 2.27. The smallest absolute Gasteiger partial charge is 0.270 e. The molecule has 0 unspecified atom stereocenters. The number of nitrogens with one attached hydrogen (secondary N) is 2. The van der Waals surface area contributed by atoms with Gasteiger partial charge in [0.2, 0.25) is 0 Å². The number of rotatable bonds is 3. The lowest BCUT2D eigenvalue weighted by Crippen LogP contribution is -2.34. The lowest BCUT2D eigenvalue weighted by Gasteiger charge is -2.12. The average Bonchev–Trinajstić information content (AvgIpc) is 2.48. The Bertz CT molecular complexity index is 839. The number of carbonyl (C=O) groups is 1. The molecule has 0 aromatic heterocycles. The van der Waals surface area contributed by atoms with E-state index in [0.29, 0.717) is 15.7 Å². The summed E-state index contributed by atoms with van der Waals surface area (Å²) in [6, 6.07) is 9.73. The average molecular weight is 408 g/mol. The maximum atomic E-state index is 12.3. The third-order valence-electron chi connectivity index (χ3n) is 3.27. The van der Waals surface area contributed by atoms with E-state index in [1.807, 2.05) is 26.0 Å². The van der Waals surface area contributed by atoms with Crippen LogP contribution in [0.3, 0.4) is 0 Å². The molecule has 1 amide bonds. The molecule has 0 saturated heterocycles. The highest BCUT2D eigenvalue weighted by atomic mass is 79.9. The molecule has 0 saturated carbocycles. The Hall–Kier alpha value is -2.32. The van der Waals surface area contributed by atoms with Crippen LogP contribution in [0.2, 0.25) is 0 Å². The predicted molar refractivity (Wildman–Crippen MR) is 100 cm³/mol. The Morgan fingerprint density at radius 1 is 1.21 bits per heavy atom. The molecule has 2 N–H and O–H groups in total. The first-order valence-electron chi connectivity index (χ1n) is 6.91. The Labute approximate surface area is 152 Å². The van der Waals surface area contributed by atoms with Crippen LogP contribution in [-0.4, -0.2) is 15.9 Å². The van der Waals surface area contributed by atoms with Crippen molar-refractivity contribution in [1.29, 1.82) is 0 Å². The SMILES string of the molecule is Cc1ccc(C(=O)NC(=S)Nc2ccc([N+](=O)[O-])cc2Br)c(C)c1. The lowest BCUT2D eigenvalue weighted by atomic mass is 10.1. The lowest BCUT2D eigenvalue weighted by molar-refractivity contribution is -0.384. The first kappa shape index (κ1) is 18.0. The molecular formula is C16H14BrN3O3S. The summed E-state index contributed by atoms with van der Waals surface area (Å²) in [5, 5.41) is 16.3. The summed E-state index contributed by atoms with van der Waals surface area (Å²) >= 11 is 8.36. The minimum atomic E-state index is -0.491. The maximum Gasteiger partial charge on any atom is 0.270 e. The van der Waals surface area contributed by atoms with E-state index < -0.39 is 4.92 Å². The van der Waals surface area contributed by atoms with E-state index in [0.717, 1.165) is 11.1 Å². The van der Waals surface area contributed by atoms with Crippen LogP contribution in [-0.2, 0) is 0 Å². The molecule has 6 nitrogen and oxygen atoms in total. The van der Waals surface area contributed by atoms with Crippen LogP contribution < -0.4 is 10.6 Å². The first-order chi connectivity index (χ1) is 11.3. The van der Waals surface area contributed by atoms with Gasteiger partial charge in [-0.1, -0.05) is 17.7 Å². The van der Waals surface area contributed by atoms with Gasteiger partial charge in [-0.25, -0.2) is 0 Å². The summed E-state index contributed by atoms with van der Waals surface area (Å²) in [4.78, 5) is 22.5. The fourth-order valence-corrected chi connectivity index (χ4v) is 2.78. The number of amides is 1. The second kappa shape index (κ2) is 7.50. The van der Waals surface area contributed by atoms with Gasteiger partial charge < -0.3 is 5.32 Å². The molecule has 24 heavy (non-hydrogen) atoms. The molecule has 0 radical (unpaired) electrons. The van der Waals surface area contributed by atoms with Crippen LogP contribution in [0.15, 0.2) is 40.9 Å². The predicted octanol–water partition coefficient (Wildman–Crippen LogP) is 4.10. The third-order valence-corrected chi connectivity index (χ3v) is 4.13. The molecular weight excluding hydrogens is 394 g/mol. The standard InChI is InChI=1S/C16H14BrN3O3S/c1-9-3-5-12(10(2)7-9)15(21)19-16(24)18-14-6-4-11(20(22)23)8-13(14)17/h3-8H,1-2H3,(H2,18,19,21,24). The second-order valence-electron chi connectivity index (χ2n) is 5.15. The monoisotopic (exact) mass is 407 g/mol. The number of halogens is 1. The van der Waals surface area contributed by atoms with Gasteiger partial charge in [0, 0.05) is 22.2 Å². The quantitative estimate of drug-likeness (QED) is 0.454. The number of anilines is 1. The normalized spacial score (nSPS) is 10.1. The number of nitrogens with zero attached hydrogens (tertiary/aromatic N) is 1. The minimum Gasteiger partial charge on any atom is -0.331 e. The number of nitro groups is 1. The zero-order valence-electron chi connectivity index (χ0n) is 12.9. The highest BCUT2D eigenvalue weighted by Gasteiger charge is 2.13. The molecule has 2 aromatic carbocycles. The van der Waals surface area contributed by atoms with Gasteiger partial charge in [-0.05, 0) is 59.7 Å². The van der Waals surface area contributed by atoms with Crippen molar-refractivity contribution in [1.82, 2.24) is 5.32 Å². The van der Waals surface area contributed by atoms with Crippen molar-refractivity contribution < 1.29 is 9.72 Å². The van der Waals surface area contributed by atoms with Gasteiger partial charge in [0.05, 0.1) is 10.6 Å². The molecule has 0 aliphatic rings. The van der Waals surface area contributed by atoms with Crippen LogP contribution in [0.5, 0.6) is 0 Å². The van der Waals surface area contributed by atoms with Crippen LogP contribution in [0.1, 0.15) is 21.5 Å². The van der Waals surface area contributed by atoms with Gasteiger partial charge in [0.1, 0.15) is 0 Å². The molecule has 0 atom stereocenters. The molecule has 8 heteroatoms. The van der Waals surface area contributed by atoms with Crippen molar-refractivity contribution in [3.05, 3.63) is 67.7 Å². The summed E-state index contributed by atoms with van der Waals surface area (Å²) in [5.74, 6) is -0.317. The number of nitro benzene ring substituents is 1. The van der Waals surface area contributed by atoms with Crippen molar-refractivity contribution in [3.63, 3.8) is 0 Å². The summed E-state index contributed by atoms with van der Waals surface area (Å²) < 4.78 is 0.472. The van der Waals surface area contributed by atoms with Crippen LogP contribution in [0, 0.1) is 24.0 Å². The largest absolute Gasteiger partial charge is 0.331 e. The Morgan fingerprint density at radius 2 is 1.92 bits per heavy atom. The maximum absolute atomic E-state index is 12.3. The number of benzene rings is 2. The summed E-state index contributed by atoms with van der Waals surface area (Å²) in [5.41, 5.74) is 2.93. The third kappa shape index (κ3) is 4.36. The molecule has 0 heterocycles. The van der Waals surface area contributed by atoms with E-state index in [1.165, 1.54) is 18.2 Å². The second-order valence-corrected chi connectivity index (χ2v) is 6.41. The molecule has 0 spiro atoms. The van der Waals surface area contributed by atoms with E-state index in [4.69, 9.17) is 12.2 Å². The summed E-state index contributed by atoms with van der Waals surface area (Å²) in [7, 11) is 0. The number of aryl methyl sites for hydroxylation is 2. The van der Waals surface area contributed by atoms with Gasteiger partial charge in [0.15, 0.2) is 5.11 Å². The van der Waals surface area contributed by atoms with Gasteiger partial charge >= 0.3 is 0 Å². The van der Waals surface area contributed by atoms with E-state index in [2.05, 4.69) is 26.6 Å². The number of non-ortho nitro benzene ring substituents is 1. The van der Waals surface area contributed by atoms with Crippen molar-refractivity contribution >= 4 is 50.5 Å².